The predicted molar refractivity (Wildman–Crippen MR) is 76.8 cm³/mol. The average Bonchev–Trinajstić information content (AvgIpc) is 2.37. The fourth-order valence-corrected chi connectivity index (χ4v) is 1.47. The molecule has 1 rings (SSSR count). The molecule has 0 heterocycles. The van der Waals surface area contributed by atoms with Crippen LogP contribution in [0, 0.1) is 6.92 Å². The van der Waals surface area contributed by atoms with Crippen LogP contribution >= 0.6 is 12.4 Å². The fourth-order valence-electron chi connectivity index (χ4n) is 1.47. The molecular formula is C13H19ClF2N2O2. The molecule has 1 aromatic rings. The molecule has 0 unspecified atom stereocenters. The van der Waals surface area contributed by atoms with Crippen LogP contribution in [0.2, 0.25) is 0 Å². The van der Waals surface area contributed by atoms with Crippen LogP contribution in [-0.4, -0.2) is 25.5 Å². The van der Waals surface area contributed by atoms with Gasteiger partial charge in [0, 0.05) is 18.2 Å². The first kappa shape index (κ1) is 18.6. The largest absolute Gasteiger partial charge is 0.487 e. The summed E-state index contributed by atoms with van der Waals surface area (Å²) < 4.78 is 29.2. The molecule has 0 atom stereocenters. The Kier molecular flexibility index (Phi) is 8.83. The molecule has 4 nitrogen and oxygen atoms in total. The number of rotatable bonds is 7. The number of aryl methyl sites for hydroxylation is 1. The fraction of sp³-hybridized carbons (Fsp3) is 0.462. The number of carbonyl (C=O) groups excluding carboxylic acids is 1. The third-order valence-electron chi connectivity index (χ3n) is 2.44. The summed E-state index contributed by atoms with van der Waals surface area (Å²) in [5.74, 6) is 0.186. The molecule has 7 heteroatoms. The summed E-state index contributed by atoms with van der Waals surface area (Å²) in [6.07, 6.45) is -1.59. The van der Waals surface area contributed by atoms with E-state index in [0.29, 0.717) is 30.8 Å². The lowest BCUT2D eigenvalue weighted by Gasteiger charge is -2.11. The summed E-state index contributed by atoms with van der Waals surface area (Å²) in [5, 5.41) is 2.67. The van der Waals surface area contributed by atoms with Crippen molar-refractivity contribution in [3.8, 4) is 5.75 Å². The van der Waals surface area contributed by atoms with Crippen LogP contribution < -0.4 is 15.8 Å². The maximum atomic E-state index is 12.1. The van der Waals surface area contributed by atoms with E-state index in [1.807, 2.05) is 0 Å². The minimum atomic E-state index is -2.53. The highest BCUT2D eigenvalue weighted by atomic mass is 35.5. The minimum absolute atomic E-state index is 0. The Morgan fingerprint density at radius 3 is 2.75 bits per heavy atom. The quantitative estimate of drug-likeness (QED) is 0.814. The van der Waals surface area contributed by atoms with Crippen molar-refractivity contribution in [3.63, 3.8) is 0 Å². The number of nitrogens with two attached hydrogens (primary N) is 1. The van der Waals surface area contributed by atoms with Crippen molar-refractivity contribution in [2.45, 2.75) is 26.2 Å². The molecule has 1 amide bonds. The molecule has 114 valence electrons. The Bertz CT molecular complexity index is 431. The zero-order chi connectivity index (χ0) is 14.3. The molecule has 0 aliphatic heterocycles. The highest BCUT2D eigenvalue weighted by Gasteiger charge is 2.08. The van der Waals surface area contributed by atoms with Gasteiger partial charge in [0.15, 0.2) is 0 Å². The Hall–Kier alpha value is -1.40. The molecule has 20 heavy (non-hydrogen) atoms. The van der Waals surface area contributed by atoms with Crippen LogP contribution in [0.1, 0.15) is 18.4 Å². The summed E-state index contributed by atoms with van der Waals surface area (Å²) in [6.45, 7) is 1.54. The maximum Gasteiger partial charge on any atom is 0.272 e. The van der Waals surface area contributed by atoms with Gasteiger partial charge in [-0.1, -0.05) is 6.07 Å². The molecule has 0 spiro atoms. The van der Waals surface area contributed by atoms with Gasteiger partial charge in [0.2, 0.25) is 5.91 Å². The molecule has 0 fully saturated rings. The van der Waals surface area contributed by atoms with Crippen molar-refractivity contribution >= 4 is 24.0 Å². The number of halogens is 3. The number of benzene rings is 1. The molecular weight excluding hydrogens is 290 g/mol. The second kappa shape index (κ2) is 9.50. The zero-order valence-corrected chi connectivity index (χ0v) is 12.0. The van der Waals surface area contributed by atoms with E-state index in [-0.39, 0.29) is 18.3 Å². The monoisotopic (exact) mass is 308 g/mol. The number of amides is 1. The van der Waals surface area contributed by atoms with E-state index in [4.69, 9.17) is 10.5 Å². The standard InChI is InChI=1S/C13H18F2N2O2.ClH/c1-9-4-5-10(17-13(18)3-2-6-16)7-11(9)19-8-12(14)15;/h4-5,7,12H,2-3,6,8,16H2,1H3,(H,17,18);1H. The van der Waals surface area contributed by atoms with Crippen molar-refractivity contribution < 1.29 is 18.3 Å². The number of nitrogens with one attached hydrogen (secondary N) is 1. The van der Waals surface area contributed by atoms with E-state index in [2.05, 4.69) is 5.32 Å². The number of ether oxygens (including phenoxy) is 1. The van der Waals surface area contributed by atoms with E-state index in [1.165, 1.54) is 6.07 Å². The van der Waals surface area contributed by atoms with Gasteiger partial charge in [0.1, 0.15) is 12.4 Å². The molecule has 0 saturated carbocycles. The predicted octanol–water partition coefficient (Wildman–Crippen LogP) is 2.74. The van der Waals surface area contributed by atoms with E-state index < -0.39 is 13.0 Å². The Labute approximate surface area is 123 Å². The van der Waals surface area contributed by atoms with Crippen LogP contribution in [-0.2, 0) is 4.79 Å². The lowest BCUT2D eigenvalue weighted by Crippen LogP contribution is -2.14. The van der Waals surface area contributed by atoms with Crippen LogP contribution in [0.4, 0.5) is 14.5 Å². The minimum Gasteiger partial charge on any atom is -0.487 e. The van der Waals surface area contributed by atoms with Crippen LogP contribution in [0.15, 0.2) is 18.2 Å². The topological polar surface area (TPSA) is 64.4 Å². The Morgan fingerprint density at radius 2 is 2.15 bits per heavy atom. The van der Waals surface area contributed by atoms with Crippen molar-refractivity contribution in [1.82, 2.24) is 0 Å². The van der Waals surface area contributed by atoms with Crippen molar-refractivity contribution in [2.75, 3.05) is 18.5 Å². The zero-order valence-electron chi connectivity index (χ0n) is 11.2. The first-order valence-electron chi connectivity index (χ1n) is 6.04. The number of alkyl halides is 2. The van der Waals surface area contributed by atoms with Gasteiger partial charge in [0.25, 0.3) is 6.43 Å². The summed E-state index contributed by atoms with van der Waals surface area (Å²) in [7, 11) is 0. The molecule has 0 aromatic heterocycles. The summed E-state index contributed by atoms with van der Waals surface area (Å²) in [4.78, 5) is 11.5. The van der Waals surface area contributed by atoms with Crippen molar-refractivity contribution in [3.05, 3.63) is 23.8 Å². The molecule has 0 saturated heterocycles. The first-order valence-corrected chi connectivity index (χ1v) is 6.04. The summed E-state index contributed by atoms with van der Waals surface area (Å²) in [6, 6.07) is 4.95. The van der Waals surface area contributed by atoms with Gasteiger partial charge in [-0.15, -0.1) is 12.4 Å². The highest BCUT2D eigenvalue weighted by molar-refractivity contribution is 5.90. The van der Waals surface area contributed by atoms with Gasteiger partial charge < -0.3 is 15.8 Å². The van der Waals surface area contributed by atoms with Gasteiger partial charge in [-0.25, -0.2) is 8.78 Å². The van der Waals surface area contributed by atoms with Crippen LogP contribution in [0.3, 0.4) is 0 Å². The third-order valence-corrected chi connectivity index (χ3v) is 2.44. The first-order chi connectivity index (χ1) is 9.02. The maximum absolute atomic E-state index is 12.1. The lowest BCUT2D eigenvalue weighted by molar-refractivity contribution is -0.116. The van der Waals surface area contributed by atoms with Gasteiger partial charge in [-0.2, -0.15) is 0 Å². The highest BCUT2D eigenvalue weighted by Crippen LogP contribution is 2.23. The van der Waals surface area contributed by atoms with Crippen molar-refractivity contribution in [2.24, 2.45) is 5.73 Å². The van der Waals surface area contributed by atoms with E-state index >= 15 is 0 Å². The van der Waals surface area contributed by atoms with Gasteiger partial charge >= 0.3 is 0 Å². The number of hydrogen-bond donors (Lipinski definition) is 2. The summed E-state index contributed by atoms with van der Waals surface area (Å²) >= 11 is 0. The van der Waals surface area contributed by atoms with Gasteiger partial charge in [0.05, 0.1) is 0 Å². The van der Waals surface area contributed by atoms with Crippen LogP contribution in [0.25, 0.3) is 0 Å². The third kappa shape index (κ3) is 6.68. The lowest BCUT2D eigenvalue weighted by atomic mass is 10.2. The van der Waals surface area contributed by atoms with Gasteiger partial charge in [-0.3, -0.25) is 4.79 Å². The number of anilines is 1. The van der Waals surface area contributed by atoms with E-state index in [0.717, 1.165) is 5.56 Å². The molecule has 1 aromatic carbocycles. The van der Waals surface area contributed by atoms with E-state index in [1.54, 1.807) is 19.1 Å². The van der Waals surface area contributed by atoms with Gasteiger partial charge in [-0.05, 0) is 31.5 Å². The normalized spacial score (nSPS) is 10.1. The SMILES string of the molecule is Cc1ccc(NC(=O)CCCN)cc1OCC(F)F.Cl. The van der Waals surface area contributed by atoms with E-state index in [9.17, 15) is 13.6 Å². The van der Waals surface area contributed by atoms with Crippen LogP contribution in [0.5, 0.6) is 5.75 Å². The number of carbonyl (C=O) groups is 1. The second-order valence-electron chi connectivity index (χ2n) is 4.12. The molecule has 0 aliphatic rings. The smallest absolute Gasteiger partial charge is 0.272 e. The Morgan fingerprint density at radius 1 is 1.45 bits per heavy atom. The van der Waals surface area contributed by atoms with Crippen molar-refractivity contribution in [1.29, 1.82) is 0 Å². The second-order valence-corrected chi connectivity index (χ2v) is 4.12. The number of hydrogen-bond acceptors (Lipinski definition) is 3. The molecule has 0 aliphatic carbocycles. The molecule has 0 bridgehead atoms. The average molecular weight is 309 g/mol. The summed E-state index contributed by atoms with van der Waals surface area (Å²) in [5.41, 5.74) is 6.57. The molecule has 3 N–H and O–H groups in total. The Balaban J connectivity index is 0.00000361. The molecule has 0 radical (unpaired) electrons.